The number of aromatic amines is 1. The lowest BCUT2D eigenvalue weighted by atomic mass is 10.1. The van der Waals surface area contributed by atoms with Crippen LogP contribution in [0, 0.1) is 0 Å². The molecule has 8 heteroatoms. The SMILES string of the molecule is C[Si](C)(C)CCOC(=O)n1cc(/C=C/NC(=O)C(=O)c2c[nH]c3ccccc23)c2ccccc21. The van der Waals surface area contributed by atoms with E-state index in [1.807, 2.05) is 42.5 Å². The molecule has 0 aliphatic carbocycles. The largest absolute Gasteiger partial charge is 0.449 e. The molecule has 0 spiro atoms. The third-order valence-corrected chi connectivity index (χ3v) is 7.24. The molecule has 0 radical (unpaired) electrons. The fourth-order valence-corrected chi connectivity index (χ4v) is 4.37. The summed E-state index contributed by atoms with van der Waals surface area (Å²) in [6.07, 6.45) is 5.85. The van der Waals surface area contributed by atoms with Crippen LogP contribution in [0.3, 0.4) is 0 Å². The minimum Gasteiger partial charge on any atom is -0.449 e. The van der Waals surface area contributed by atoms with E-state index in [2.05, 4.69) is 29.9 Å². The van der Waals surface area contributed by atoms with Crippen LogP contribution < -0.4 is 5.32 Å². The second kappa shape index (κ2) is 9.52. The van der Waals surface area contributed by atoms with Gasteiger partial charge < -0.3 is 15.0 Å². The Morgan fingerprint density at radius 3 is 2.50 bits per heavy atom. The minimum absolute atomic E-state index is 0.319. The van der Waals surface area contributed by atoms with Gasteiger partial charge in [-0.05, 0) is 24.3 Å². The van der Waals surface area contributed by atoms with Crippen molar-refractivity contribution in [2.45, 2.75) is 25.7 Å². The summed E-state index contributed by atoms with van der Waals surface area (Å²) in [6.45, 7) is 7.07. The molecule has 2 heterocycles. The Kier molecular flexibility index (Phi) is 6.51. The molecule has 1 amide bonds. The highest BCUT2D eigenvalue weighted by Crippen LogP contribution is 2.23. The van der Waals surface area contributed by atoms with Crippen LogP contribution in [0.25, 0.3) is 27.9 Å². The molecule has 174 valence electrons. The normalized spacial score (nSPS) is 11.9. The van der Waals surface area contributed by atoms with Gasteiger partial charge in [0.1, 0.15) is 0 Å². The number of Topliss-reactive ketones (excluding diaryl/α,β-unsaturated/α-hetero) is 1. The van der Waals surface area contributed by atoms with Gasteiger partial charge in [0.25, 0.3) is 11.7 Å². The summed E-state index contributed by atoms with van der Waals surface area (Å²) in [5, 5.41) is 4.06. The Morgan fingerprint density at radius 1 is 1.03 bits per heavy atom. The van der Waals surface area contributed by atoms with Gasteiger partial charge in [-0.15, -0.1) is 0 Å². The fraction of sp³-hybridized carbons (Fsp3) is 0.192. The number of ether oxygens (including phenoxy) is 1. The van der Waals surface area contributed by atoms with Crippen molar-refractivity contribution in [3.05, 3.63) is 78.3 Å². The lowest BCUT2D eigenvalue weighted by Crippen LogP contribution is -2.26. The van der Waals surface area contributed by atoms with Crippen LogP contribution in [-0.2, 0) is 9.53 Å². The Morgan fingerprint density at radius 2 is 1.74 bits per heavy atom. The molecule has 4 rings (SSSR count). The van der Waals surface area contributed by atoms with Gasteiger partial charge in [0.2, 0.25) is 0 Å². The van der Waals surface area contributed by atoms with Crippen molar-refractivity contribution < 1.29 is 19.1 Å². The Balaban J connectivity index is 1.48. The summed E-state index contributed by atoms with van der Waals surface area (Å²) in [5.41, 5.74) is 2.54. The second-order valence-corrected chi connectivity index (χ2v) is 14.9. The van der Waals surface area contributed by atoms with Gasteiger partial charge in [0.15, 0.2) is 0 Å². The summed E-state index contributed by atoms with van der Waals surface area (Å²) in [5.74, 6) is -1.37. The summed E-state index contributed by atoms with van der Waals surface area (Å²) in [4.78, 5) is 40.7. The lowest BCUT2D eigenvalue weighted by Gasteiger charge is -2.15. The Bertz CT molecular complexity index is 1410. The number of hydrogen-bond acceptors (Lipinski definition) is 4. The zero-order valence-corrected chi connectivity index (χ0v) is 20.4. The first-order valence-corrected chi connectivity index (χ1v) is 14.8. The minimum atomic E-state index is -1.31. The first-order chi connectivity index (χ1) is 16.2. The summed E-state index contributed by atoms with van der Waals surface area (Å²) >= 11 is 0. The van der Waals surface area contributed by atoms with Crippen LogP contribution in [0.5, 0.6) is 0 Å². The molecule has 4 aromatic rings. The zero-order chi connectivity index (χ0) is 24.3. The maximum Gasteiger partial charge on any atom is 0.418 e. The molecule has 0 aliphatic heterocycles. The predicted octanol–water partition coefficient (Wildman–Crippen LogP) is 5.42. The zero-order valence-electron chi connectivity index (χ0n) is 19.4. The third-order valence-electron chi connectivity index (χ3n) is 5.53. The molecular formula is C26H27N3O4Si. The van der Waals surface area contributed by atoms with E-state index in [1.165, 1.54) is 17.0 Å². The molecule has 0 bridgehead atoms. The number of amides is 1. The van der Waals surface area contributed by atoms with Crippen LogP contribution in [0.1, 0.15) is 15.9 Å². The van der Waals surface area contributed by atoms with E-state index in [1.54, 1.807) is 18.3 Å². The fourth-order valence-electron chi connectivity index (χ4n) is 3.66. The molecule has 0 saturated heterocycles. The van der Waals surface area contributed by atoms with Crippen molar-refractivity contribution >= 4 is 53.7 Å². The van der Waals surface area contributed by atoms with Gasteiger partial charge in [-0.25, -0.2) is 4.79 Å². The van der Waals surface area contributed by atoms with Crippen LogP contribution in [0.15, 0.2) is 67.1 Å². The van der Waals surface area contributed by atoms with E-state index in [0.717, 1.165) is 22.5 Å². The number of para-hydroxylation sites is 2. The van der Waals surface area contributed by atoms with E-state index in [-0.39, 0.29) is 0 Å². The highest BCUT2D eigenvalue weighted by atomic mass is 28.3. The van der Waals surface area contributed by atoms with Gasteiger partial charge in [-0.2, -0.15) is 0 Å². The van der Waals surface area contributed by atoms with E-state index < -0.39 is 25.9 Å². The van der Waals surface area contributed by atoms with Gasteiger partial charge in [0, 0.05) is 48.5 Å². The molecule has 0 unspecified atom stereocenters. The molecular weight excluding hydrogens is 446 g/mol. The second-order valence-electron chi connectivity index (χ2n) is 9.28. The van der Waals surface area contributed by atoms with Gasteiger partial charge in [0.05, 0.1) is 17.7 Å². The summed E-state index contributed by atoms with van der Waals surface area (Å²) in [7, 11) is -1.31. The number of fused-ring (bicyclic) bond motifs is 2. The summed E-state index contributed by atoms with van der Waals surface area (Å²) in [6, 6.07) is 15.6. The van der Waals surface area contributed by atoms with Crippen LogP contribution in [0.4, 0.5) is 4.79 Å². The highest BCUT2D eigenvalue weighted by molar-refractivity contribution is 6.76. The topological polar surface area (TPSA) is 93.2 Å². The Hall–Kier alpha value is -3.91. The Labute approximate surface area is 198 Å². The number of ketones is 1. The number of nitrogens with one attached hydrogen (secondary N) is 2. The van der Waals surface area contributed by atoms with Crippen LogP contribution in [0.2, 0.25) is 25.7 Å². The van der Waals surface area contributed by atoms with Crippen molar-refractivity contribution in [3.63, 3.8) is 0 Å². The molecule has 2 aromatic carbocycles. The number of carbonyl (C=O) groups is 3. The molecule has 0 atom stereocenters. The first-order valence-electron chi connectivity index (χ1n) is 11.1. The van der Waals surface area contributed by atoms with E-state index in [0.29, 0.717) is 23.1 Å². The maximum atomic E-state index is 12.7. The number of hydrogen-bond donors (Lipinski definition) is 2. The standard InChI is InChI=1S/C26H27N3O4Si/c1-34(2,3)15-14-33-26(32)29-17-18(19-8-5-7-11-23(19)29)12-13-27-25(31)24(30)21-16-28-22-10-6-4-9-20(21)22/h4-13,16-17,28H,14-15H2,1-3H3,(H,27,31)/b13-12+. The van der Waals surface area contributed by atoms with Crippen molar-refractivity contribution in [3.8, 4) is 0 Å². The number of rotatable bonds is 7. The molecule has 0 aliphatic rings. The van der Waals surface area contributed by atoms with Crippen LogP contribution in [-0.4, -0.2) is 42.0 Å². The van der Waals surface area contributed by atoms with E-state index in [4.69, 9.17) is 4.74 Å². The third kappa shape index (κ3) is 5.02. The molecule has 34 heavy (non-hydrogen) atoms. The van der Waals surface area contributed by atoms with Gasteiger partial charge >= 0.3 is 6.09 Å². The molecule has 7 nitrogen and oxygen atoms in total. The van der Waals surface area contributed by atoms with Gasteiger partial charge in [-0.1, -0.05) is 56.0 Å². The highest BCUT2D eigenvalue weighted by Gasteiger charge is 2.19. The molecule has 2 aromatic heterocycles. The summed E-state index contributed by atoms with van der Waals surface area (Å²) < 4.78 is 6.96. The average Bonchev–Trinajstić information content (AvgIpc) is 3.40. The molecule has 2 N–H and O–H groups in total. The molecule has 0 fully saturated rings. The molecule has 0 saturated carbocycles. The van der Waals surface area contributed by atoms with Crippen molar-refractivity contribution in [2.24, 2.45) is 0 Å². The number of nitrogens with zero attached hydrogens (tertiary/aromatic N) is 1. The van der Waals surface area contributed by atoms with E-state index >= 15 is 0 Å². The van der Waals surface area contributed by atoms with Gasteiger partial charge in [-0.3, -0.25) is 14.2 Å². The van der Waals surface area contributed by atoms with Crippen molar-refractivity contribution in [1.29, 1.82) is 0 Å². The quantitative estimate of drug-likeness (QED) is 0.213. The number of aromatic nitrogens is 2. The maximum absolute atomic E-state index is 12.7. The van der Waals surface area contributed by atoms with Crippen LogP contribution >= 0.6 is 0 Å². The first kappa shape index (κ1) is 23.3. The number of benzene rings is 2. The number of H-pyrrole nitrogens is 1. The lowest BCUT2D eigenvalue weighted by molar-refractivity contribution is -0.116. The van der Waals surface area contributed by atoms with Crippen molar-refractivity contribution in [1.82, 2.24) is 14.9 Å². The average molecular weight is 474 g/mol. The van der Waals surface area contributed by atoms with Crippen molar-refractivity contribution in [2.75, 3.05) is 6.61 Å². The number of carbonyl (C=O) groups excluding carboxylic acids is 3. The smallest absolute Gasteiger partial charge is 0.418 e. The van der Waals surface area contributed by atoms with E-state index in [9.17, 15) is 14.4 Å². The predicted molar refractivity (Wildman–Crippen MR) is 137 cm³/mol. The monoisotopic (exact) mass is 473 g/mol.